The van der Waals surface area contributed by atoms with E-state index >= 15 is 0 Å². The number of hydrazine groups is 1. The van der Waals surface area contributed by atoms with Crippen molar-refractivity contribution >= 4 is 42.5 Å². The third kappa shape index (κ3) is 3.48. The van der Waals surface area contributed by atoms with E-state index in [4.69, 9.17) is 10.9 Å². The van der Waals surface area contributed by atoms with Gasteiger partial charge in [-0.15, -0.1) is 5.11 Å². The van der Waals surface area contributed by atoms with E-state index in [1.54, 1.807) is 6.92 Å². The van der Waals surface area contributed by atoms with Gasteiger partial charge in [0.15, 0.2) is 15.5 Å². The van der Waals surface area contributed by atoms with Crippen LogP contribution in [0.15, 0.2) is 32.3 Å². The molecule has 128 valence electrons. The molecule has 0 aromatic heterocycles. The highest BCUT2D eigenvalue weighted by molar-refractivity contribution is 14.1. The molecule has 1 aliphatic heterocycles. The van der Waals surface area contributed by atoms with Crippen molar-refractivity contribution in [3.05, 3.63) is 21.3 Å². The number of rotatable bonds is 5. The lowest BCUT2D eigenvalue weighted by Crippen LogP contribution is -2.41. The predicted octanol–water partition coefficient (Wildman–Crippen LogP) is -0.681. The summed E-state index contributed by atoms with van der Waals surface area (Å²) in [4.78, 5) is -0.901. The van der Waals surface area contributed by atoms with Gasteiger partial charge in [-0.05, 0) is 41.6 Å². The van der Waals surface area contributed by atoms with E-state index in [2.05, 4.69) is 21.3 Å². The van der Waals surface area contributed by atoms with Gasteiger partial charge in [0.05, 0.1) is 10.6 Å². The van der Waals surface area contributed by atoms with E-state index < -0.39 is 41.1 Å². The lowest BCUT2D eigenvalue weighted by molar-refractivity contribution is 0.383. The highest BCUT2D eigenvalue weighted by Crippen LogP contribution is 2.37. The van der Waals surface area contributed by atoms with E-state index in [0.29, 0.717) is 3.57 Å². The summed E-state index contributed by atoms with van der Waals surface area (Å²) >= 11 is 1.88. The highest BCUT2D eigenvalue weighted by Gasteiger charge is 2.40. The summed E-state index contributed by atoms with van der Waals surface area (Å²) in [5, 5.41) is 12.8. The molecule has 2 rings (SSSR count). The van der Waals surface area contributed by atoms with E-state index in [1.165, 1.54) is 12.1 Å². The van der Waals surface area contributed by atoms with Gasteiger partial charge in [-0.25, -0.2) is 27.5 Å². The Morgan fingerprint density at radius 2 is 1.96 bits per heavy atom. The monoisotopic (exact) mass is 474 g/mol. The first-order valence-corrected chi connectivity index (χ1v) is 10.5. The first-order chi connectivity index (χ1) is 10.5. The summed E-state index contributed by atoms with van der Waals surface area (Å²) in [6.07, 6.45) is 0. The number of nitrogens with two attached hydrogens (primary N) is 2. The Morgan fingerprint density at radius 3 is 2.43 bits per heavy atom. The zero-order chi connectivity index (χ0) is 17.5. The molecule has 0 spiro atoms. The van der Waals surface area contributed by atoms with Crippen molar-refractivity contribution in [2.45, 2.75) is 22.4 Å². The Balaban J connectivity index is 2.90. The predicted molar refractivity (Wildman–Crippen MR) is 90.1 cm³/mol. The molecular formula is C10H15IN6O4S2. The summed E-state index contributed by atoms with van der Waals surface area (Å²) < 4.78 is 49.5. The average Bonchev–Trinajstić information content (AvgIpc) is 2.84. The second-order valence-electron chi connectivity index (χ2n) is 4.91. The van der Waals surface area contributed by atoms with Crippen LogP contribution in [0.4, 0.5) is 0 Å². The SMILES string of the molecule is CC1(c2c(I)ccc(S(=O)(=O)CCN)c2S(N)(=O)=O)N=NNN1. The molecule has 6 N–H and O–H groups in total. The maximum absolute atomic E-state index is 12.4. The molecule has 1 aliphatic rings. The third-order valence-corrected chi connectivity index (χ3v) is 6.97. The van der Waals surface area contributed by atoms with Gasteiger partial charge >= 0.3 is 0 Å². The number of primary sulfonamides is 1. The van der Waals surface area contributed by atoms with Crippen molar-refractivity contribution in [1.82, 2.24) is 11.0 Å². The van der Waals surface area contributed by atoms with Crippen LogP contribution in [0.1, 0.15) is 12.5 Å². The van der Waals surface area contributed by atoms with Crippen molar-refractivity contribution in [1.29, 1.82) is 0 Å². The van der Waals surface area contributed by atoms with Gasteiger partial charge in [0.2, 0.25) is 10.0 Å². The van der Waals surface area contributed by atoms with Crippen LogP contribution in [-0.2, 0) is 25.5 Å². The van der Waals surface area contributed by atoms with Crippen LogP contribution in [0.2, 0.25) is 0 Å². The minimum absolute atomic E-state index is 0.104. The average molecular weight is 474 g/mol. The van der Waals surface area contributed by atoms with Crippen molar-refractivity contribution < 1.29 is 16.8 Å². The van der Waals surface area contributed by atoms with Gasteiger partial charge < -0.3 is 5.73 Å². The van der Waals surface area contributed by atoms with Crippen LogP contribution in [0.5, 0.6) is 0 Å². The number of sulfonamides is 1. The first-order valence-electron chi connectivity index (χ1n) is 6.25. The van der Waals surface area contributed by atoms with Crippen LogP contribution >= 0.6 is 22.6 Å². The quantitative estimate of drug-likeness (QED) is 0.410. The standard InChI is InChI=1S/C10H15IN6O4S2/c1-10(14-16-17-15-10)8-6(11)2-3-7(9(8)23(13,20)21)22(18,19)5-4-12/h2-3H,4-5,12H2,1H3,(H,14,17)(H,15,16)(H2,13,20,21). The van der Waals surface area contributed by atoms with E-state index in [-0.39, 0.29) is 12.1 Å². The van der Waals surface area contributed by atoms with E-state index in [0.717, 1.165) is 0 Å². The molecular weight excluding hydrogens is 459 g/mol. The number of hydrogen-bond donors (Lipinski definition) is 4. The van der Waals surface area contributed by atoms with Crippen molar-refractivity contribution in [3.63, 3.8) is 0 Å². The van der Waals surface area contributed by atoms with Crippen LogP contribution in [0.25, 0.3) is 0 Å². The zero-order valence-electron chi connectivity index (χ0n) is 11.9. The van der Waals surface area contributed by atoms with Crippen LogP contribution in [0, 0.1) is 3.57 Å². The summed E-state index contributed by atoms with van der Waals surface area (Å²) in [7, 11) is -8.29. The topological polar surface area (TPSA) is 169 Å². The Labute approximate surface area is 147 Å². The van der Waals surface area contributed by atoms with Gasteiger partial charge in [-0.3, -0.25) is 0 Å². The second-order valence-corrected chi connectivity index (χ2v) is 9.65. The summed E-state index contributed by atoms with van der Waals surface area (Å²) in [6, 6.07) is 2.69. The Bertz CT molecular complexity index is 870. The Hall–Kier alpha value is -0.870. The third-order valence-electron chi connectivity index (χ3n) is 3.16. The Morgan fingerprint density at radius 1 is 1.30 bits per heavy atom. The summed E-state index contributed by atoms with van der Waals surface area (Å²) in [5.74, 6) is -0.403. The molecule has 1 aromatic rings. The fraction of sp³-hybridized carbons (Fsp3) is 0.400. The molecule has 0 saturated carbocycles. The highest BCUT2D eigenvalue weighted by atomic mass is 127. The van der Waals surface area contributed by atoms with E-state index in [9.17, 15) is 16.8 Å². The van der Waals surface area contributed by atoms with Gasteiger partial charge in [0, 0.05) is 15.7 Å². The Kier molecular flexibility index (Phi) is 4.99. The molecule has 1 heterocycles. The van der Waals surface area contributed by atoms with E-state index in [1.807, 2.05) is 22.6 Å². The number of benzene rings is 1. The molecule has 0 fully saturated rings. The molecule has 1 atom stereocenters. The van der Waals surface area contributed by atoms with Gasteiger partial charge in [0.25, 0.3) is 0 Å². The lowest BCUT2D eigenvalue weighted by Gasteiger charge is -2.24. The largest absolute Gasteiger partial charge is 0.329 e. The number of hydrogen-bond acceptors (Lipinski definition) is 9. The normalized spacial score (nSPS) is 21.4. The van der Waals surface area contributed by atoms with Crippen LogP contribution in [-0.4, -0.2) is 29.1 Å². The second kappa shape index (κ2) is 6.21. The molecule has 1 aromatic carbocycles. The molecule has 13 heteroatoms. The molecule has 1 unspecified atom stereocenters. The van der Waals surface area contributed by atoms with Crippen molar-refractivity contribution in [2.24, 2.45) is 21.2 Å². The number of sulfone groups is 1. The molecule has 10 nitrogen and oxygen atoms in total. The number of nitrogens with zero attached hydrogens (tertiary/aromatic N) is 2. The minimum Gasteiger partial charge on any atom is -0.329 e. The van der Waals surface area contributed by atoms with Gasteiger partial charge in [-0.2, -0.15) is 5.43 Å². The lowest BCUT2D eigenvalue weighted by atomic mass is 10.0. The number of nitrogens with one attached hydrogen (secondary N) is 2. The smallest absolute Gasteiger partial charge is 0.239 e. The first kappa shape index (κ1) is 18.5. The van der Waals surface area contributed by atoms with Gasteiger partial charge in [-0.1, -0.05) is 5.22 Å². The van der Waals surface area contributed by atoms with Crippen molar-refractivity contribution in [2.75, 3.05) is 12.3 Å². The fourth-order valence-corrected chi connectivity index (χ4v) is 6.20. The van der Waals surface area contributed by atoms with Crippen molar-refractivity contribution in [3.8, 4) is 0 Å². The molecule has 23 heavy (non-hydrogen) atoms. The summed E-state index contributed by atoms with van der Waals surface area (Å²) in [6.45, 7) is 1.40. The molecule has 0 saturated heterocycles. The molecule has 0 radical (unpaired) electrons. The van der Waals surface area contributed by atoms with Crippen LogP contribution < -0.4 is 21.8 Å². The molecule has 0 bridgehead atoms. The maximum atomic E-state index is 12.4. The number of halogens is 1. The van der Waals surface area contributed by atoms with Crippen LogP contribution in [0.3, 0.4) is 0 Å². The minimum atomic E-state index is -4.36. The zero-order valence-corrected chi connectivity index (χ0v) is 15.7. The molecule has 0 aliphatic carbocycles. The maximum Gasteiger partial charge on any atom is 0.239 e. The molecule has 0 amide bonds. The summed E-state index contributed by atoms with van der Waals surface area (Å²) in [5.41, 5.74) is 9.22. The van der Waals surface area contributed by atoms with Gasteiger partial charge in [0.1, 0.15) is 4.90 Å². The fourth-order valence-electron chi connectivity index (χ4n) is 2.18.